The molecule has 2 saturated heterocycles. The standard InChI is InChI=1S/C17H21N3/c1-20-14-5-6-15(20)10-13(9-14)19-17-4-2-3-12-7-8-18-11-16(12)17/h2-4,7-8,11,13-15,19H,5-6,9-10H2,1H3. The smallest absolute Gasteiger partial charge is 0.0437 e. The molecule has 1 aromatic carbocycles. The second-order valence-electron chi connectivity index (χ2n) is 6.27. The van der Waals surface area contributed by atoms with Gasteiger partial charge < -0.3 is 10.2 Å². The molecule has 2 unspecified atom stereocenters. The van der Waals surface area contributed by atoms with Gasteiger partial charge in [0.05, 0.1) is 0 Å². The number of pyridine rings is 1. The molecule has 1 N–H and O–H groups in total. The fourth-order valence-corrected chi connectivity index (χ4v) is 3.99. The second-order valence-corrected chi connectivity index (χ2v) is 6.27. The highest BCUT2D eigenvalue weighted by atomic mass is 15.2. The number of piperidine rings is 1. The van der Waals surface area contributed by atoms with Crippen LogP contribution in [0.25, 0.3) is 10.8 Å². The van der Waals surface area contributed by atoms with Crippen molar-refractivity contribution < 1.29 is 0 Å². The Balaban J connectivity index is 1.59. The highest BCUT2D eigenvalue weighted by molar-refractivity contribution is 5.93. The molecule has 3 nitrogen and oxygen atoms in total. The van der Waals surface area contributed by atoms with E-state index in [2.05, 4.69) is 46.5 Å². The Morgan fingerprint density at radius 3 is 2.75 bits per heavy atom. The van der Waals surface area contributed by atoms with Crippen LogP contribution in [0.15, 0.2) is 36.7 Å². The first-order valence-corrected chi connectivity index (χ1v) is 7.62. The van der Waals surface area contributed by atoms with E-state index < -0.39 is 0 Å². The minimum atomic E-state index is 0.606. The maximum absolute atomic E-state index is 4.27. The first kappa shape index (κ1) is 12.2. The van der Waals surface area contributed by atoms with Gasteiger partial charge in [0.2, 0.25) is 0 Å². The Morgan fingerprint density at radius 1 is 1.15 bits per heavy atom. The van der Waals surface area contributed by atoms with E-state index in [0.717, 1.165) is 12.1 Å². The lowest BCUT2D eigenvalue weighted by molar-refractivity contribution is 0.169. The van der Waals surface area contributed by atoms with E-state index in [4.69, 9.17) is 0 Å². The average Bonchev–Trinajstić information content (AvgIpc) is 2.70. The Kier molecular flexibility index (Phi) is 2.88. The summed E-state index contributed by atoms with van der Waals surface area (Å²) in [6.07, 6.45) is 9.11. The van der Waals surface area contributed by atoms with Crippen LogP contribution in [-0.2, 0) is 0 Å². The number of aromatic nitrogens is 1. The monoisotopic (exact) mass is 267 g/mol. The van der Waals surface area contributed by atoms with Gasteiger partial charge >= 0.3 is 0 Å². The van der Waals surface area contributed by atoms with Gasteiger partial charge in [-0.05, 0) is 50.2 Å². The molecule has 2 aliphatic rings. The molecule has 0 saturated carbocycles. The number of anilines is 1. The van der Waals surface area contributed by atoms with Gasteiger partial charge in [-0.2, -0.15) is 0 Å². The summed E-state index contributed by atoms with van der Waals surface area (Å²) in [7, 11) is 2.29. The summed E-state index contributed by atoms with van der Waals surface area (Å²) in [5.41, 5.74) is 1.24. The van der Waals surface area contributed by atoms with Crippen LogP contribution in [0.2, 0.25) is 0 Å². The lowest BCUT2D eigenvalue weighted by Crippen LogP contribution is -2.44. The van der Waals surface area contributed by atoms with E-state index in [9.17, 15) is 0 Å². The van der Waals surface area contributed by atoms with Crippen LogP contribution < -0.4 is 5.32 Å². The molecule has 4 rings (SSSR count). The molecule has 20 heavy (non-hydrogen) atoms. The van der Waals surface area contributed by atoms with Crippen molar-refractivity contribution in [3.63, 3.8) is 0 Å². The number of nitrogens with one attached hydrogen (secondary N) is 1. The number of hydrogen-bond acceptors (Lipinski definition) is 3. The number of fused-ring (bicyclic) bond motifs is 3. The molecule has 0 spiro atoms. The topological polar surface area (TPSA) is 28.2 Å². The van der Waals surface area contributed by atoms with Gasteiger partial charge in [-0.25, -0.2) is 0 Å². The number of rotatable bonds is 2. The van der Waals surface area contributed by atoms with Crippen molar-refractivity contribution in [3.05, 3.63) is 36.7 Å². The summed E-state index contributed by atoms with van der Waals surface area (Å²) in [4.78, 5) is 6.86. The van der Waals surface area contributed by atoms with Gasteiger partial charge in [0.15, 0.2) is 0 Å². The lowest BCUT2D eigenvalue weighted by Gasteiger charge is -2.37. The molecule has 0 radical (unpaired) electrons. The van der Waals surface area contributed by atoms with Crippen LogP contribution in [-0.4, -0.2) is 35.1 Å². The van der Waals surface area contributed by atoms with Gasteiger partial charge in [-0.15, -0.1) is 0 Å². The fourth-order valence-electron chi connectivity index (χ4n) is 3.99. The third kappa shape index (κ3) is 1.97. The second kappa shape index (κ2) is 4.74. The quantitative estimate of drug-likeness (QED) is 0.905. The summed E-state index contributed by atoms with van der Waals surface area (Å²) in [5.74, 6) is 0. The zero-order valence-corrected chi connectivity index (χ0v) is 11.9. The van der Waals surface area contributed by atoms with E-state index in [0.29, 0.717) is 6.04 Å². The zero-order valence-electron chi connectivity index (χ0n) is 11.9. The maximum Gasteiger partial charge on any atom is 0.0437 e. The van der Waals surface area contributed by atoms with Crippen LogP contribution in [0.5, 0.6) is 0 Å². The third-order valence-corrected chi connectivity index (χ3v) is 5.14. The van der Waals surface area contributed by atoms with Gasteiger partial charge in [0.25, 0.3) is 0 Å². The molecule has 2 aliphatic heterocycles. The normalized spacial score (nSPS) is 29.8. The summed E-state index contributed by atoms with van der Waals surface area (Å²) >= 11 is 0. The summed E-state index contributed by atoms with van der Waals surface area (Å²) in [5, 5.41) is 6.28. The van der Waals surface area contributed by atoms with Crippen molar-refractivity contribution in [1.29, 1.82) is 0 Å². The van der Waals surface area contributed by atoms with Crippen LogP contribution >= 0.6 is 0 Å². The molecule has 2 aromatic rings. The third-order valence-electron chi connectivity index (χ3n) is 5.14. The van der Waals surface area contributed by atoms with Crippen LogP contribution in [0.3, 0.4) is 0 Å². The SMILES string of the molecule is CN1C2CCC1CC(Nc1cccc3ccncc13)C2. The minimum Gasteiger partial charge on any atom is -0.382 e. The molecular formula is C17H21N3. The predicted octanol–water partition coefficient (Wildman–Crippen LogP) is 3.27. The van der Waals surface area contributed by atoms with Crippen molar-refractivity contribution in [2.24, 2.45) is 0 Å². The molecule has 0 aliphatic carbocycles. The Bertz CT molecular complexity index is 605. The van der Waals surface area contributed by atoms with E-state index >= 15 is 0 Å². The molecule has 3 heteroatoms. The van der Waals surface area contributed by atoms with Crippen LogP contribution in [0.1, 0.15) is 25.7 Å². The molecule has 2 bridgehead atoms. The zero-order chi connectivity index (χ0) is 13.5. The number of nitrogens with zero attached hydrogens (tertiary/aromatic N) is 2. The van der Waals surface area contributed by atoms with E-state index in [1.54, 1.807) is 0 Å². The minimum absolute atomic E-state index is 0.606. The molecule has 0 amide bonds. The summed E-state index contributed by atoms with van der Waals surface area (Å²) in [6.45, 7) is 0. The maximum atomic E-state index is 4.27. The van der Waals surface area contributed by atoms with Crippen molar-refractivity contribution >= 4 is 16.5 Å². The molecule has 104 valence electrons. The van der Waals surface area contributed by atoms with Gasteiger partial charge in [0.1, 0.15) is 0 Å². The summed E-state index contributed by atoms with van der Waals surface area (Å²) < 4.78 is 0. The van der Waals surface area contributed by atoms with E-state index in [1.807, 2.05) is 12.4 Å². The molecule has 2 fully saturated rings. The molecule has 3 heterocycles. The van der Waals surface area contributed by atoms with Gasteiger partial charge in [-0.1, -0.05) is 12.1 Å². The number of hydrogen-bond donors (Lipinski definition) is 1. The Labute approximate surface area is 120 Å². The van der Waals surface area contributed by atoms with Crippen molar-refractivity contribution in [2.75, 3.05) is 12.4 Å². The van der Waals surface area contributed by atoms with Gasteiger partial charge in [-0.3, -0.25) is 4.98 Å². The van der Waals surface area contributed by atoms with Gasteiger partial charge in [0, 0.05) is 41.6 Å². The van der Waals surface area contributed by atoms with E-state index in [-0.39, 0.29) is 0 Å². The lowest BCUT2D eigenvalue weighted by atomic mass is 9.97. The average molecular weight is 267 g/mol. The van der Waals surface area contributed by atoms with Crippen molar-refractivity contribution in [3.8, 4) is 0 Å². The molecule has 1 aromatic heterocycles. The largest absolute Gasteiger partial charge is 0.382 e. The van der Waals surface area contributed by atoms with E-state index in [1.165, 1.54) is 42.1 Å². The first-order chi connectivity index (χ1) is 9.81. The Hall–Kier alpha value is -1.61. The van der Waals surface area contributed by atoms with Crippen molar-refractivity contribution in [2.45, 2.75) is 43.8 Å². The van der Waals surface area contributed by atoms with Crippen LogP contribution in [0, 0.1) is 0 Å². The Morgan fingerprint density at radius 2 is 1.95 bits per heavy atom. The van der Waals surface area contributed by atoms with Crippen LogP contribution in [0.4, 0.5) is 5.69 Å². The fraction of sp³-hybridized carbons (Fsp3) is 0.471. The highest BCUT2D eigenvalue weighted by Gasteiger charge is 2.38. The van der Waals surface area contributed by atoms with Crippen molar-refractivity contribution in [1.82, 2.24) is 9.88 Å². The highest BCUT2D eigenvalue weighted by Crippen LogP contribution is 2.36. The molecule has 2 atom stereocenters. The predicted molar refractivity (Wildman–Crippen MR) is 83.0 cm³/mol. The molecular weight excluding hydrogens is 246 g/mol. The first-order valence-electron chi connectivity index (χ1n) is 7.62. The summed E-state index contributed by atoms with van der Waals surface area (Å²) in [6, 6.07) is 10.7. The number of benzene rings is 1.